The first-order valence-electron chi connectivity index (χ1n) is 4.96. The monoisotopic (exact) mass is 300 g/mol. The SMILES string of the molecule is CC(C)P(c1ccccc1)C(C)C.[Pd]. The maximum atomic E-state index is 2.33. The van der Waals surface area contributed by atoms with Crippen LogP contribution < -0.4 is 5.30 Å². The van der Waals surface area contributed by atoms with Gasteiger partial charge in [0, 0.05) is 20.4 Å². The van der Waals surface area contributed by atoms with Gasteiger partial charge in [0.25, 0.3) is 0 Å². The molecule has 0 aliphatic carbocycles. The van der Waals surface area contributed by atoms with Crippen LogP contribution in [-0.4, -0.2) is 11.3 Å². The minimum atomic E-state index is 0. The van der Waals surface area contributed by atoms with Crippen LogP contribution >= 0.6 is 7.92 Å². The average Bonchev–Trinajstić information content (AvgIpc) is 2.04. The second-order valence-electron chi connectivity index (χ2n) is 3.93. The van der Waals surface area contributed by atoms with Gasteiger partial charge < -0.3 is 0 Å². The van der Waals surface area contributed by atoms with Crippen molar-refractivity contribution in [1.82, 2.24) is 0 Å². The van der Waals surface area contributed by atoms with E-state index < -0.39 is 0 Å². The zero-order valence-corrected chi connectivity index (χ0v) is 11.8. The summed E-state index contributed by atoms with van der Waals surface area (Å²) < 4.78 is 0. The Morgan fingerprint density at radius 1 is 0.857 bits per heavy atom. The van der Waals surface area contributed by atoms with Crippen LogP contribution in [0.1, 0.15) is 27.7 Å². The van der Waals surface area contributed by atoms with Gasteiger partial charge in [0.1, 0.15) is 0 Å². The van der Waals surface area contributed by atoms with E-state index >= 15 is 0 Å². The summed E-state index contributed by atoms with van der Waals surface area (Å²) in [7, 11) is 0.0262. The number of benzene rings is 1. The fourth-order valence-electron chi connectivity index (χ4n) is 1.79. The summed E-state index contributed by atoms with van der Waals surface area (Å²) in [5.41, 5.74) is 1.58. The fraction of sp³-hybridized carbons (Fsp3) is 0.500. The van der Waals surface area contributed by atoms with Gasteiger partial charge >= 0.3 is 0 Å². The Morgan fingerprint density at radius 3 is 1.64 bits per heavy atom. The average molecular weight is 301 g/mol. The molecule has 0 aliphatic heterocycles. The first-order chi connectivity index (χ1) is 6.13. The topological polar surface area (TPSA) is 0 Å². The molecule has 0 radical (unpaired) electrons. The maximum Gasteiger partial charge on any atom is 0 e. The molecule has 0 amide bonds. The molecular weight excluding hydrogens is 282 g/mol. The van der Waals surface area contributed by atoms with Gasteiger partial charge in [-0.25, -0.2) is 0 Å². The van der Waals surface area contributed by atoms with Gasteiger partial charge in [-0.3, -0.25) is 0 Å². The second kappa shape index (κ2) is 6.73. The molecule has 0 atom stereocenters. The molecule has 0 fully saturated rings. The van der Waals surface area contributed by atoms with Crippen LogP contribution in [0.4, 0.5) is 0 Å². The second-order valence-corrected chi connectivity index (χ2v) is 7.33. The van der Waals surface area contributed by atoms with Crippen molar-refractivity contribution >= 4 is 13.2 Å². The first kappa shape index (κ1) is 14.3. The molecule has 0 heterocycles. The van der Waals surface area contributed by atoms with Crippen molar-refractivity contribution in [3.8, 4) is 0 Å². The van der Waals surface area contributed by atoms with E-state index in [1.807, 2.05) is 0 Å². The van der Waals surface area contributed by atoms with Crippen LogP contribution in [-0.2, 0) is 20.4 Å². The minimum Gasteiger partial charge on any atom is -0.0701 e. The molecule has 82 valence electrons. The standard InChI is InChI=1S/C12H19P.Pd/c1-10(2)13(11(3)4)12-8-6-5-7-9-12;/h5-11H,1-4H3;. The molecule has 0 spiro atoms. The van der Waals surface area contributed by atoms with E-state index in [1.165, 1.54) is 0 Å². The summed E-state index contributed by atoms with van der Waals surface area (Å²) in [5.74, 6) is 0. The molecule has 0 aromatic heterocycles. The molecule has 0 unspecified atom stereocenters. The van der Waals surface area contributed by atoms with Gasteiger partial charge in [-0.2, -0.15) is 0 Å². The Morgan fingerprint density at radius 2 is 1.29 bits per heavy atom. The fourth-order valence-corrected chi connectivity index (χ4v) is 4.69. The van der Waals surface area contributed by atoms with Crippen molar-refractivity contribution in [3.63, 3.8) is 0 Å². The third-order valence-electron chi connectivity index (χ3n) is 2.17. The van der Waals surface area contributed by atoms with Gasteiger partial charge in [-0.15, -0.1) is 0 Å². The molecule has 0 bridgehead atoms. The Bertz CT molecular complexity index is 236. The van der Waals surface area contributed by atoms with E-state index in [4.69, 9.17) is 0 Å². The quantitative estimate of drug-likeness (QED) is 0.591. The summed E-state index contributed by atoms with van der Waals surface area (Å²) >= 11 is 0. The van der Waals surface area contributed by atoms with Crippen LogP contribution in [0.3, 0.4) is 0 Å². The van der Waals surface area contributed by atoms with Crippen molar-refractivity contribution in [2.75, 3.05) is 0 Å². The number of rotatable bonds is 3. The van der Waals surface area contributed by atoms with Crippen molar-refractivity contribution in [2.24, 2.45) is 0 Å². The largest absolute Gasteiger partial charge is 0.0701 e. The zero-order valence-electron chi connectivity index (χ0n) is 9.30. The smallest absolute Gasteiger partial charge is 0 e. The van der Waals surface area contributed by atoms with Crippen LogP contribution in [0.2, 0.25) is 0 Å². The summed E-state index contributed by atoms with van der Waals surface area (Å²) in [5, 5.41) is 1.54. The van der Waals surface area contributed by atoms with Gasteiger partial charge in [-0.1, -0.05) is 65.9 Å². The zero-order chi connectivity index (χ0) is 9.84. The van der Waals surface area contributed by atoms with Crippen molar-refractivity contribution < 1.29 is 20.4 Å². The third-order valence-corrected chi connectivity index (χ3v) is 5.29. The molecule has 1 aromatic rings. The predicted molar refractivity (Wildman–Crippen MR) is 63.3 cm³/mol. The maximum absolute atomic E-state index is 2.33. The molecule has 0 aliphatic rings. The van der Waals surface area contributed by atoms with Crippen LogP contribution in [0.15, 0.2) is 30.3 Å². The molecule has 1 rings (SSSR count). The molecule has 0 N–H and O–H groups in total. The predicted octanol–water partition coefficient (Wildman–Crippen LogP) is 3.61. The molecule has 2 heteroatoms. The van der Waals surface area contributed by atoms with Gasteiger partial charge in [0.15, 0.2) is 0 Å². The molecule has 0 saturated heterocycles. The van der Waals surface area contributed by atoms with Gasteiger partial charge in [-0.05, 0) is 16.6 Å². The molecule has 14 heavy (non-hydrogen) atoms. The van der Waals surface area contributed by atoms with Crippen molar-refractivity contribution in [1.29, 1.82) is 0 Å². The van der Waals surface area contributed by atoms with Crippen molar-refractivity contribution in [3.05, 3.63) is 30.3 Å². The van der Waals surface area contributed by atoms with E-state index in [0.29, 0.717) is 0 Å². The van der Waals surface area contributed by atoms with E-state index in [1.54, 1.807) is 5.30 Å². The summed E-state index contributed by atoms with van der Waals surface area (Å²) in [4.78, 5) is 0. The summed E-state index contributed by atoms with van der Waals surface area (Å²) in [6.45, 7) is 9.33. The summed E-state index contributed by atoms with van der Waals surface area (Å²) in [6.07, 6.45) is 0. The van der Waals surface area contributed by atoms with E-state index in [-0.39, 0.29) is 28.3 Å². The van der Waals surface area contributed by atoms with Gasteiger partial charge in [0.05, 0.1) is 0 Å². The summed E-state index contributed by atoms with van der Waals surface area (Å²) in [6, 6.07) is 10.9. The molecule has 0 saturated carbocycles. The normalized spacial score (nSPS) is 10.8. The van der Waals surface area contributed by atoms with Crippen LogP contribution in [0.25, 0.3) is 0 Å². The molecular formula is C12H19PPd. The number of hydrogen-bond acceptors (Lipinski definition) is 0. The van der Waals surface area contributed by atoms with Gasteiger partial charge in [0.2, 0.25) is 0 Å². The minimum absolute atomic E-state index is 0. The van der Waals surface area contributed by atoms with E-state index in [2.05, 4.69) is 58.0 Å². The van der Waals surface area contributed by atoms with Crippen LogP contribution in [0.5, 0.6) is 0 Å². The molecule has 1 aromatic carbocycles. The van der Waals surface area contributed by atoms with E-state index in [0.717, 1.165) is 11.3 Å². The Balaban J connectivity index is 0.00000169. The number of hydrogen-bond donors (Lipinski definition) is 0. The first-order valence-corrected chi connectivity index (χ1v) is 6.44. The van der Waals surface area contributed by atoms with E-state index in [9.17, 15) is 0 Å². The Kier molecular flexibility index (Phi) is 6.88. The Hall–Kier alpha value is 0.312. The molecule has 0 nitrogen and oxygen atoms in total. The van der Waals surface area contributed by atoms with Crippen molar-refractivity contribution in [2.45, 2.75) is 39.0 Å². The van der Waals surface area contributed by atoms with Crippen LogP contribution in [0, 0.1) is 0 Å². The Labute approximate surface area is 103 Å². The third kappa shape index (κ3) is 3.82.